The van der Waals surface area contributed by atoms with Crippen molar-refractivity contribution in [3.05, 3.63) is 71.2 Å². The van der Waals surface area contributed by atoms with Crippen molar-refractivity contribution in [2.75, 3.05) is 6.54 Å². The van der Waals surface area contributed by atoms with Crippen LogP contribution in [-0.2, 0) is 13.5 Å². The number of hydrogen-bond donors (Lipinski definition) is 1. The van der Waals surface area contributed by atoms with Crippen molar-refractivity contribution in [2.45, 2.75) is 20.3 Å². The Morgan fingerprint density at radius 1 is 1.24 bits per heavy atom. The van der Waals surface area contributed by atoms with Gasteiger partial charge in [-0.2, -0.15) is 5.10 Å². The number of nitrogens with one attached hydrogen (secondary N) is 1. The van der Waals surface area contributed by atoms with Crippen molar-refractivity contribution in [3.8, 4) is 11.3 Å². The van der Waals surface area contributed by atoms with Crippen molar-refractivity contribution in [3.63, 3.8) is 0 Å². The van der Waals surface area contributed by atoms with Gasteiger partial charge in [-0.15, -0.1) is 0 Å². The molecule has 1 aromatic carbocycles. The molecule has 25 heavy (non-hydrogen) atoms. The number of benzene rings is 1. The fourth-order valence-electron chi connectivity index (χ4n) is 2.90. The highest BCUT2D eigenvalue weighted by Crippen LogP contribution is 2.20. The van der Waals surface area contributed by atoms with Crippen LogP contribution in [0.4, 0.5) is 0 Å². The van der Waals surface area contributed by atoms with Gasteiger partial charge in [0.15, 0.2) is 0 Å². The summed E-state index contributed by atoms with van der Waals surface area (Å²) in [6.07, 6.45) is 5.97. The number of aryl methyl sites for hydroxylation is 3. The van der Waals surface area contributed by atoms with Crippen molar-refractivity contribution in [1.29, 1.82) is 0 Å². The Morgan fingerprint density at radius 3 is 2.80 bits per heavy atom. The summed E-state index contributed by atoms with van der Waals surface area (Å²) >= 11 is 0. The molecule has 2 aromatic heterocycles. The molecule has 1 N–H and O–H groups in total. The largest absolute Gasteiger partial charge is 0.352 e. The molecule has 128 valence electrons. The molecule has 3 aromatic rings. The second-order valence-electron chi connectivity index (χ2n) is 6.24. The maximum atomic E-state index is 12.6. The molecular formula is C20H22N4O. The molecule has 0 bridgehead atoms. The molecule has 0 radical (unpaired) electrons. The first-order valence-electron chi connectivity index (χ1n) is 8.33. The van der Waals surface area contributed by atoms with Gasteiger partial charge in [0.2, 0.25) is 0 Å². The average molecular weight is 334 g/mol. The Labute approximate surface area is 147 Å². The molecular weight excluding hydrogens is 312 g/mol. The van der Waals surface area contributed by atoms with E-state index in [2.05, 4.69) is 47.4 Å². The summed E-state index contributed by atoms with van der Waals surface area (Å²) in [7, 11) is 1.81. The second kappa shape index (κ2) is 7.30. The molecule has 2 heterocycles. The molecule has 0 atom stereocenters. The van der Waals surface area contributed by atoms with Crippen molar-refractivity contribution < 1.29 is 4.79 Å². The number of nitrogens with zero attached hydrogens (tertiary/aromatic N) is 3. The molecule has 5 nitrogen and oxygen atoms in total. The molecule has 1 amide bonds. The lowest BCUT2D eigenvalue weighted by molar-refractivity contribution is 0.0954. The van der Waals surface area contributed by atoms with E-state index in [0.29, 0.717) is 17.8 Å². The lowest BCUT2D eigenvalue weighted by atomic mass is 10.0. The molecule has 3 rings (SSSR count). The van der Waals surface area contributed by atoms with E-state index in [0.717, 1.165) is 12.0 Å². The van der Waals surface area contributed by atoms with Gasteiger partial charge in [-0.25, -0.2) is 0 Å². The number of hydrogen-bond acceptors (Lipinski definition) is 3. The molecule has 0 spiro atoms. The van der Waals surface area contributed by atoms with E-state index in [-0.39, 0.29) is 5.91 Å². The van der Waals surface area contributed by atoms with Crippen LogP contribution in [0.1, 0.15) is 27.0 Å². The molecule has 0 aliphatic rings. The lowest BCUT2D eigenvalue weighted by Gasteiger charge is -2.08. The first kappa shape index (κ1) is 16.9. The van der Waals surface area contributed by atoms with E-state index < -0.39 is 0 Å². The molecule has 5 heteroatoms. The minimum absolute atomic E-state index is 0.114. The van der Waals surface area contributed by atoms with E-state index in [4.69, 9.17) is 0 Å². The Kier molecular flexibility index (Phi) is 4.93. The summed E-state index contributed by atoms with van der Waals surface area (Å²) in [6.45, 7) is 4.77. The van der Waals surface area contributed by atoms with Gasteiger partial charge in [-0.3, -0.25) is 14.5 Å². The number of carbonyl (C=O) groups excluding carboxylic acids is 1. The van der Waals surface area contributed by atoms with Crippen LogP contribution in [0.15, 0.2) is 48.9 Å². The Hall–Kier alpha value is -2.95. The smallest absolute Gasteiger partial charge is 0.255 e. The molecule has 0 unspecified atom stereocenters. The number of amides is 1. The minimum Gasteiger partial charge on any atom is -0.352 e. The zero-order chi connectivity index (χ0) is 17.8. The van der Waals surface area contributed by atoms with E-state index >= 15 is 0 Å². The van der Waals surface area contributed by atoms with Gasteiger partial charge in [-0.1, -0.05) is 23.8 Å². The number of aromatic nitrogens is 3. The third-order valence-corrected chi connectivity index (χ3v) is 4.19. The normalized spacial score (nSPS) is 10.7. The summed E-state index contributed by atoms with van der Waals surface area (Å²) in [5, 5.41) is 7.41. The Balaban J connectivity index is 1.70. The molecule has 0 saturated carbocycles. The Bertz CT molecular complexity index is 884. The van der Waals surface area contributed by atoms with Crippen LogP contribution in [0.3, 0.4) is 0 Å². The van der Waals surface area contributed by atoms with E-state index in [1.54, 1.807) is 23.3 Å². The SMILES string of the molecule is Cc1ccc(CCNC(=O)c2cn(C)nc2-c2cccnc2)c(C)c1. The third kappa shape index (κ3) is 3.94. The van der Waals surface area contributed by atoms with Gasteiger partial charge in [-0.05, 0) is 43.5 Å². The highest BCUT2D eigenvalue weighted by molar-refractivity contribution is 5.99. The van der Waals surface area contributed by atoms with Crippen molar-refractivity contribution >= 4 is 5.91 Å². The van der Waals surface area contributed by atoms with Gasteiger partial charge in [0, 0.05) is 37.7 Å². The van der Waals surface area contributed by atoms with Crippen LogP contribution >= 0.6 is 0 Å². The Morgan fingerprint density at radius 2 is 2.08 bits per heavy atom. The standard InChI is InChI=1S/C20H22N4O/c1-14-6-7-16(15(2)11-14)8-10-22-20(25)18-13-24(3)23-19(18)17-5-4-9-21-12-17/h4-7,9,11-13H,8,10H2,1-3H3,(H,22,25). The van der Waals surface area contributed by atoms with E-state index in [9.17, 15) is 4.79 Å². The zero-order valence-corrected chi connectivity index (χ0v) is 14.8. The van der Waals surface area contributed by atoms with Crippen LogP contribution < -0.4 is 5.32 Å². The summed E-state index contributed by atoms with van der Waals surface area (Å²) in [5.41, 5.74) is 5.82. The topological polar surface area (TPSA) is 59.8 Å². The molecule has 0 aliphatic carbocycles. The predicted octanol–water partition coefficient (Wildman–Crippen LogP) is 3.07. The highest BCUT2D eigenvalue weighted by atomic mass is 16.1. The van der Waals surface area contributed by atoms with Crippen LogP contribution in [-0.4, -0.2) is 27.2 Å². The predicted molar refractivity (Wildman–Crippen MR) is 98.4 cm³/mol. The van der Waals surface area contributed by atoms with Gasteiger partial charge in [0.1, 0.15) is 5.69 Å². The summed E-state index contributed by atoms with van der Waals surface area (Å²) < 4.78 is 1.65. The van der Waals surface area contributed by atoms with Gasteiger partial charge < -0.3 is 5.32 Å². The maximum absolute atomic E-state index is 12.6. The fraction of sp³-hybridized carbons (Fsp3) is 0.250. The average Bonchev–Trinajstić information content (AvgIpc) is 2.99. The van der Waals surface area contributed by atoms with E-state index in [1.807, 2.05) is 19.2 Å². The summed E-state index contributed by atoms with van der Waals surface area (Å²) in [6, 6.07) is 10.1. The zero-order valence-electron chi connectivity index (χ0n) is 14.8. The minimum atomic E-state index is -0.114. The van der Waals surface area contributed by atoms with Crippen LogP contribution in [0, 0.1) is 13.8 Å². The number of rotatable bonds is 5. The third-order valence-electron chi connectivity index (χ3n) is 4.19. The molecule has 0 fully saturated rings. The highest BCUT2D eigenvalue weighted by Gasteiger charge is 2.17. The van der Waals surface area contributed by atoms with Gasteiger partial charge in [0.05, 0.1) is 5.56 Å². The first-order valence-corrected chi connectivity index (χ1v) is 8.33. The van der Waals surface area contributed by atoms with Crippen LogP contribution in [0.5, 0.6) is 0 Å². The maximum Gasteiger partial charge on any atom is 0.255 e. The van der Waals surface area contributed by atoms with Crippen LogP contribution in [0.25, 0.3) is 11.3 Å². The van der Waals surface area contributed by atoms with E-state index in [1.165, 1.54) is 16.7 Å². The van der Waals surface area contributed by atoms with Crippen molar-refractivity contribution in [2.24, 2.45) is 7.05 Å². The van der Waals surface area contributed by atoms with Crippen LogP contribution in [0.2, 0.25) is 0 Å². The molecule has 0 aliphatic heterocycles. The monoisotopic (exact) mass is 334 g/mol. The summed E-state index contributed by atoms with van der Waals surface area (Å²) in [4.78, 5) is 16.7. The number of pyridine rings is 1. The summed E-state index contributed by atoms with van der Waals surface area (Å²) in [5.74, 6) is -0.114. The molecule has 0 saturated heterocycles. The van der Waals surface area contributed by atoms with Gasteiger partial charge in [0.25, 0.3) is 5.91 Å². The van der Waals surface area contributed by atoms with Crippen molar-refractivity contribution in [1.82, 2.24) is 20.1 Å². The quantitative estimate of drug-likeness (QED) is 0.780. The van der Waals surface area contributed by atoms with Gasteiger partial charge >= 0.3 is 0 Å². The fourth-order valence-corrected chi connectivity index (χ4v) is 2.90. The lowest BCUT2D eigenvalue weighted by Crippen LogP contribution is -2.26. The second-order valence-corrected chi connectivity index (χ2v) is 6.24. The number of carbonyl (C=O) groups is 1. The first-order chi connectivity index (χ1) is 12.0.